The van der Waals surface area contributed by atoms with E-state index in [1.807, 2.05) is 19.2 Å². The van der Waals surface area contributed by atoms with Crippen molar-refractivity contribution in [1.82, 2.24) is 14.9 Å². The topological polar surface area (TPSA) is 69.0 Å². The molecule has 1 aromatic heterocycles. The number of hydrogen-bond acceptors (Lipinski definition) is 3. The van der Waals surface area contributed by atoms with Gasteiger partial charge in [-0.15, -0.1) is 0 Å². The molecule has 5 nitrogen and oxygen atoms in total. The van der Waals surface area contributed by atoms with Crippen molar-refractivity contribution in [3.8, 4) is 0 Å². The molecular weight excluding hydrogens is 314 g/mol. The predicted molar refractivity (Wildman–Crippen MR) is 88.9 cm³/mol. The van der Waals surface area contributed by atoms with Crippen LogP contribution in [-0.2, 0) is 24.9 Å². The van der Waals surface area contributed by atoms with Gasteiger partial charge in [-0.1, -0.05) is 23.7 Å². The molecule has 2 aromatic rings. The molecule has 0 radical (unpaired) electrons. The Morgan fingerprint density at radius 3 is 2.87 bits per heavy atom. The highest BCUT2D eigenvalue weighted by atomic mass is 35.5. The molecule has 1 aliphatic heterocycles. The summed E-state index contributed by atoms with van der Waals surface area (Å²) in [5, 5.41) is 0.806. The Balaban J connectivity index is 1.93. The van der Waals surface area contributed by atoms with Crippen molar-refractivity contribution in [2.75, 3.05) is 7.05 Å². The Kier molecular flexibility index (Phi) is 3.25. The SMILES string of the molecule is CN1Cc2c([nH]c(=O)[nH]c2=O)CC12CCCc1c(Cl)cccc12. The van der Waals surface area contributed by atoms with E-state index in [4.69, 9.17) is 11.6 Å². The molecule has 0 amide bonds. The third-order valence-electron chi connectivity index (χ3n) is 5.36. The van der Waals surface area contributed by atoms with Gasteiger partial charge in [0.2, 0.25) is 0 Å². The van der Waals surface area contributed by atoms with E-state index in [9.17, 15) is 9.59 Å². The molecule has 0 bridgehead atoms. The predicted octanol–water partition coefficient (Wildman–Crippen LogP) is 1.94. The molecule has 120 valence electrons. The second-order valence-corrected chi connectivity index (χ2v) is 6.96. The fourth-order valence-electron chi connectivity index (χ4n) is 4.21. The lowest BCUT2D eigenvalue weighted by atomic mass is 9.71. The number of aromatic amines is 2. The summed E-state index contributed by atoms with van der Waals surface area (Å²) in [4.78, 5) is 31.1. The minimum absolute atomic E-state index is 0.206. The molecule has 1 aromatic carbocycles. The van der Waals surface area contributed by atoms with Gasteiger partial charge in [-0.05, 0) is 43.5 Å². The van der Waals surface area contributed by atoms with Gasteiger partial charge >= 0.3 is 5.69 Å². The molecule has 0 saturated carbocycles. The average Bonchev–Trinajstić information content (AvgIpc) is 2.50. The number of fused-ring (bicyclic) bond motifs is 3. The number of rotatable bonds is 0. The summed E-state index contributed by atoms with van der Waals surface area (Å²) in [5.74, 6) is 0. The zero-order valence-corrected chi connectivity index (χ0v) is 13.7. The van der Waals surface area contributed by atoms with Crippen LogP contribution in [0.1, 0.15) is 35.2 Å². The number of H-pyrrole nitrogens is 2. The first kappa shape index (κ1) is 14.7. The Hall–Kier alpha value is -1.85. The molecule has 0 fully saturated rings. The van der Waals surface area contributed by atoms with Crippen LogP contribution in [0.2, 0.25) is 5.02 Å². The first-order valence-corrected chi connectivity index (χ1v) is 8.22. The Morgan fingerprint density at radius 1 is 1.22 bits per heavy atom. The zero-order chi connectivity index (χ0) is 16.2. The number of hydrogen-bond donors (Lipinski definition) is 2. The molecule has 1 unspecified atom stereocenters. The van der Waals surface area contributed by atoms with E-state index in [2.05, 4.69) is 20.9 Å². The fourth-order valence-corrected chi connectivity index (χ4v) is 4.48. The van der Waals surface area contributed by atoms with Gasteiger partial charge in [0, 0.05) is 23.7 Å². The van der Waals surface area contributed by atoms with E-state index in [0.29, 0.717) is 18.5 Å². The summed E-state index contributed by atoms with van der Waals surface area (Å²) in [5.41, 5.74) is 2.91. The van der Waals surface area contributed by atoms with Crippen molar-refractivity contribution in [3.63, 3.8) is 0 Å². The number of likely N-dealkylation sites (N-methyl/N-ethyl adjacent to an activating group) is 1. The van der Waals surface area contributed by atoms with Crippen molar-refractivity contribution >= 4 is 11.6 Å². The number of benzene rings is 1. The first-order chi connectivity index (χ1) is 11.0. The molecule has 1 spiro atoms. The second kappa shape index (κ2) is 5.08. The smallest absolute Gasteiger partial charge is 0.311 e. The first-order valence-electron chi connectivity index (χ1n) is 7.85. The van der Waals surface area contributed by atoms with E-state index in [-0.39, 0.29) is 11.1 Å². The Bertz CT molecular complexity index is 901. The van der Waals surface area contributed by atoms with Gasteiger partial charge < -0.3 is 4.98 Å². The van der Waals surface area contributed by atoms with Gasteiger partial charge in [0.25, 0.3) is 5.56 Å². The summed E-state index contributed by atoms with van der Waals surface area (Å²) >= 11 is 6.41. The molecule has 2 N–H and O–H groups in total. The van der Waals surface area contributed by atoms with Crippen molar-refractivity contribution < 1.29 is 0 Å². The molecule has 1 aliphatic carbocycles. The summed E-state index contributed by atoms with van der Waals surface area (Å²) in [6, 6.07) is 6.05. The highest BCUT2D eigenvalue weighted by Crippen LogP contribution is 2.46. The van der Waals surface area contributed by atoms with Crippen LogP contribution in [0.5, 0.6) is 0 Å². The number of halogens is 1. The van der Waals surface area contributed by atoms with Crippen LogP contribution in [-0.4, -0.2) is 21.9 Å². The number of aromatic nitrogens is 2. The lowest BCUT2D eigenvalue weighted by Crippen LogP contribution is -2.52. The van der Waals surface area contributed by atoms with Crippen LogP contribution in [0.3, 0.4) is 0 Å². The van der Waals surface area contributed by atoms with E-state index >= 15 is 0 Å². The van der Waals surface area contributed by atoms with Crippen LogP contribution >= 0.6 is 11.6 Å². The second-order valence-electron chi connectivity index (χ2n) is 6.55. The van der Waals surface area contributed by atoms with Crippen molar-refractivity contribution in [2.24, 2.45) is 0 Å². The van der Waals surface area contributed by atoms with Gasteiger partial charge in [-0.25, -0.2) is 4.79 Å². The maximum atomic E-state index is 12.1. The highest BCUT2D eigenvalue weighted by Gasteiger charge is 2.44. The summed E-state index contributed by atoms with van der Waals surface area (Å²) < 4.78 is 0. The van der Waals surface area contributed by atoms with Crippen molar-refractivity contribution in [1.29, 1.82) is 0 Å². The van der Waals surface area contributed by atoms with Gasteiger partial charge in [0.05, 0.1) is 11.1 Å². The summed E-state index contributed by atoms with van der Waals surface area (Å²) in [6.45, 7) is 0.521. The standard InChI is InChI=1S/C17H18ClN3O2/c1-21-9-11-14(19-16(23)20-15(11)22)8-17(21)7-3-4-10-12(17)5-2-6-13(10)18/h2,5-6H,3-4,7-9H2,1H3,(H2,19,20,22,23). The minimum atomic E-state index is -0.435. The van der Waals surface area contributed by atoms with Gasteiger partial charge in [0.15, 0.2) is 0 Å². The minimum Gasteiger partial charge on any atom is -0.311 e. The maximum absolute atomic E-state index is 12.1. The van der Waals surface area contributed by atoms with E-state index < -0.39 is 5.69 Å². The molecule has 2 aliphatic rings. The molecule has 1 atom stereocenters. The maximum Gasteiger partial charge on any atom is 0.325 e. The molecule has 2 heterocycles. The van der Waals surface area contributed by atoms with E-state index in [1.54, 1.807) is 0 Å². The molecule has 6 heteroatoms. The van der Waals surface area contributed by atoms with Crippen LogP contribution in [0.4, 0.5) is 0 Å². The molecular formula is C17H18ClN3O2. The van der Waals surface area contributed by atoms with Gasteiger partial charge in [-0.2, -0.15) is 0 Å². The average molecular weight is 332 g/mol. The third-order valence-corrected chi connectivity index (χ3v) is 5.72. The monoisotopic (exact) mass is 331 g/mol. The van der Waals surface area contributed by atoms with Crippen LogP contribution in [0.15, 0.2) is 27.8 Å². The normalized spacial score (nSPS) is 23.6. The fraction of sp³-hybridized carbons (Fsp3) is 0.412. The van der Waals surface area contributed by atoms with Crippen molar-refractivity contribution in [2.45, 2.75) is 37.8 Å². The van der Waals surface area contributed by atoms with Crippen LogP contribution in [0.25, 0.3) is 0 Å². The number of nitrogens with zero attached hydrogens (tertiary/aromatic N) is 1. The van der Waals surface area contributed by atoms with Gasteiger partial charge in [0.1, 0.15) is 0 Å². The van der Waals surface area contributed by atoms with Crippen LogP contribution in [0, 0.1) is 0 Å². The number of nitrogens with one attached hydrogen (secondary N) is 2. The van der Waals surface area contributed by atoms with E-state index in [1.165, 1.54) is 11.1 Å². The van der Waals surface area contributed by atoms with E-state index in [0.717, 1.165) is 30.0 Å². The largest absolute Gasteiger partial charge is 0.325 e. The zero-order valence-electron chi connectivity index (χ0n) is 12.9. The lowest BCUT2D eigenvalue weighted by molar-refractivity contribution is 0.0721. The summed E-state index contributed by atoms with van der Waals surface area (Å²) in [6.07, 6.45) is 3.64. The third kappa shape index (κ3) is 2.11. The lowest BCUT2D eigenvalue weighted by Gasteiger charge is -2.49. The highest BCUT2D eigenvalue weighted by molar-refractivity contribution is 6.31. The molecule has 0 saturated heterocycles. The Labute approximate surface area is 138 Å². The van der Waals surface area contributed by atoms with Crippen LogP contribution < -0.4 is 11.2 Å². The summed E-state index contributed by atoms with van der Waals surface area (Å²) in [7, 11) is 2.05. The molecule has 23 heavy (non-hydrogen) atoms. The Morgan fingerprint density at radius 2 is 2.04 bits per heavy atom. The quantitative estimate of drug-likeness (QED) is 0.775. The van der Waals surface area contributed by atoms with Crippen molar-refractivity contribution in [3.05, 3.63) is 66.4 Å². The van der Waals surface area contributed by atoms with Gasteiger partial charge in [-0.3, -0.25) is 14.7 Å². The molecule has 4 rings (SSSR count).